The lowest BCUT2D eigenvalue weighted by molar-refractivity contribution is -0.125. The van der Waals surface area contributed by atoms with Gasteiger partial charge in [-0.15, -0.1) is 0 Å². The van der Waals surface area contributed by atoms with Gasteiger partial charge in [0, 0.05) is 23.3 Å². The molecule has 1 atom stereocenters. The summed E-state index contributed by atoms with van der Waals surface area (Å²) in [5, 5.41) is 3.49. The molecule has 152 valence electrons. The number of carbonyl (C=O) groups is 2. The molecule has 2 amide bonds. The molecule has 2 aromatic rings. The van der Waals surface area contributed by atoms with Crippen molar-refractivity contribution >= 4 is 40.9 Å². The van der Waals surface area contributed by atoms with E-state index in [9.17, 15) is 9.59 Å². The molecule has 1 aliphatic heterocycles. The Labute approximate surface area is 176 Å². The van der Waals surface area contributed by atoms with E-state index in [2.05, 4.69) is 12.2 Å². The van der Waals surface area contributed by atoms with Gasteiger partial charge in [0.05, 0.1) is 5.69 Å². The van der Waals surface area contributed by atoms with Crippen molar-refractivity contribution in [3.63, 3.8) is 0 Å². The van der Waals surface area contributed by atoms with E-state index in [-0.39, 0.29) is 11.8 Å². The molecule has 1 unspecified atom stereocenters. The molecule has 5 nitrogen and oxygen atoms in total. The van der Waals surface area contributed by atoms with Crippen molar-refractivity contribution < 1.29 is 14.3 Å². The van der Waals surface area contributed by atoms with Crippen LogP contribution in [0.3, 0.4) is 0 Å². The fraction of sp³-hybridized carbons (Fsp3) is 0.304. The van der Waals surface area contributed by atoms with Crippen LogP contribution < -0.4 is 15.0 Å². The summed E-state index contributed by atoms with van der Waals surface area (Å²) in [6.45, 7) is 4.53. The number of anilines is 2. The Kier molecular flexibility index (Phi) is 6.94. The van der Waals surface area contributed by atoms with E-state index in [1.807, 2.05) is 12.1 Å². The number of amides is 2. The highest BCUT2D eigenvalue weighted by atomic mass is 35.5. The number of rotatable bonds is 7. The van der Waals surface area contributed by atoms with Crippen LogP contribution in [0.1, 0.15) is 38.7 Å². The molecule has 1 aliphatic rings. The van der Waals surface area contributed by atoms with Crippen molar-refractivity contribution in [2.75, 3.05) is 16.8 Å². The number of nitrogens with one attached hydrogen (secondary N) is 1. The maximum Gasteiger partial charge on any atom is 0.267 e. The molecule has 0 bridgehead atoms. The molecule has 1 N–H and O–H groups in total. The summed E-state index contributed by atoms with van der Waals surface area (Å²) >= 11 is 5.87. The molecule has 29 heavy (non-hydrogen) atoms. The van der Waals surface area contributed by atoms with Crippen LogP contribution in [0.5, 0.6) is 5.75 Å². The normalized spacial score (nSPS) is 15.9. The molecule has 2 aromatic carbocycles. The van der Waals surface area contributed by atoms with Gasteiger partial charge in [-0.05, 0) is 55.3 Å². The Morgan fingerprint density at radius 3 is 2.69 bits per heavy atom. The van der Waals surface area contributed by atoms with E-state index >= 15 is 0 Å². The van der Waals surface area contributed by atoms with Crippen LogP contribution in [0, 0.1) is 0 Å². The average Bonchev–Trinajstić information content (AvgIpc) is 2.71. The summed E-state index contributed by atoms with van der Waals surface area (Å²) < 4.78 is 5.73. The number of hydrogen-bond acceptors (Lipinski definition) is 3. The molecule has 6 heteroatoms. The van der Waals surface area contributed by atoms with Gasteiger partial charge in [-0.25, -0.2) is 0 Å². The number of fused-ring (bicyclic) bond motifs is 1. The minimum absolute atomic E-state index is 0.0558. The number of unbranched alkanes of at least 4 members (excludes halogenated alkanes) is 2. The van der Waals surface area contributed by atoms with Crippen molar-refractivity contribution in [2.24, 2.45) is 0 Å². The Morgan fingerprint density at radius 2 is 1.97 bits per heavy atom. The summed E-state index contributed by atoms with van der Waals surface area (Å²) in [4.78, 5) is 26.6. The molecule has 0 aliphatic carbocycles. The minimum atomic E-state index is -0.508. The second-order valence-corrected chi connectivity index (χ2v) is 7.45. The van der Waals surface area contributed by atoms with Gasteiger partial charge in [-0.2, -0.15) is 0 Å². The largest absolute Gasteiger partial charge is 0.479 e. The molecular weight excluding hydrogens is 388 g/mol. The summed E-state index contributed by atoms with van der Waals surface area (Å²) in [5.74, 6) is 0.344. The van der Waals surface area contributed by atoms with E-state index in [1.54, 1.807) is 48.2 Å². The third-order valence-electron chi connectivity index (χ3n) is 4.72. The third kappa shape index (κ3) is 5.39. The summed E-state index contributed by atoms with van der Waals surface area (Å²) in [7, 11) is 0. The minimum Gasteiger partial charge on any atom is -0.479 e. The first-order valence-corrected chi connectivity index (χ1v) is 10.2. The molecule has 0 saturated carbocycles. The van der Waals surface area contributed by atoms with E-state index < -0.39 is 6.10 Å². The number of benzene rings is 2. The Hall–Kier alpha value is -2.79. The number of halogens is 1. The van der Waals surface area contributed by atoms with Crippen LogP contribution in [0.25, 0.3) is 6.08 Å². The first-order chi connectivity index (χ1) is 14.0. The molecule has 1 heterocycles. The second kappa shape index (κ2) is 9.61. The first-order valence-electron chi connectivity index (χ1n) is 9.84. The van der Waals surface area contributed by atoms with Crippen molar-refractivity contribution in [2.45, 2.75) is 39.2 Å². The first kappa shape index (κ1) is 20.9. The van der Waals surface area contributed by atoms with Crippen LogP contribution in [-0.4, -0.2) is 24.5 Å². The van der Waals surface area contributed by atoms with Gasteiger partial charge in [0.25, 0.3) is 5.91 Å². The molecule has 0 aromatic heterocycles. The van der Waals surface area contributed by atoms with Gasteiger partial charge >= 0.3 is 0 Å². The number of carbonyl (C=O) groups excluding carboxylic acids is 2. The van der Waals surface area contributed by atoms with Gasteiger partial charge in [-0.1, -0.05) is 43.5 Å². The van der Waals surface area contributed by atoms with Gasteiger partial charge in [0.1, 0.15) is 5.75 Å². The van der Waals surface area contributed by atoms with Crippen molar-refractivity contribution in [1.29, 1.82) is 0 Å². The second-order valence-electron chi connectivity index (χ2n) is 7.01. The van der Waals surface area contributed by atoms with Crippen LogP contribution in [0.15, 0.2) is 48.5 Å². The zero-order valence-corrected chi connectivity index (χ0v) is 17.4. The van der Waals surface area contributed by atoms with Crippen molar-refractivity contribution in [1.82, 2.24) is 0 Å². The Bertz CT molecular complexity index is 909. The molecule has 0 radical (unpaired) electrons. The Morgan fingerprint density at radius 1 is 1.21 bits per heavy atom. The molecule has 0 fully saturated rings. The highest BCUT2D eigenvalue weighted by Crippen LogP contribution is 2.36. The predicted molar refractivity (Wildman–Crippen MR) is 118 cm³/mol. The number of nitrogens with zero attached hydrogens (tertiary/aromatic N) is 1. The van der Waals surface area contributed by atoms with Gasteiger partial charge in [0.15, 0.2) is 6.10 Å². The molecule has 0 saturated heterocycles. The average molecular weight is 413 g/mol. The Balaban J connectivity index is 1.73. The van der Waals surface area contributed by atoms with Crippen LogP contribution in [0.4, 0.5) is 11.4 Å². The molecular formula is C23H25ClN2O3. The standard InChI is InChI=1S/C23H25ClN2O3/c1-3-4-5-14-26-20-15-19(11-12-21(20)29-16(2)23(26)28)25-22(27)13-8-17-6-9-18(24)10-7-17/h6-13,15-16H,3-5,14H2,1-2H3,(H,25,27)/b13-8+. The van der Waals surface area contributed by atoms with E-state index in [4.69, 9.17) is 16.3 Å². The quantitative estimate of drug-likeness (QED) is 0.496. The van der Waals surface area contributed by atoms with Crippen LogP contribution >= 0.6 is 11.6 Å². The fourth-order valence-electron chi connectivity index (χ4n) is 3.17. The van der Waals surface area contributed by atoms with Gasteiger partial charge in [-0.3, -0.25) is 9.59 Å². The van der Waals surface area contributed by atoms with E-state index in [1.165, 1.54) is 6.08 Å². The van der Waals surface area contributed by atoms with Gasteiger partial charge in [0.2, 0.25) is 5.91 Å². The summed E-state index contributed by atoms with van der Waals surface area (Å²) in [5.41, 5.74) is 2.19. The van der Waals surface area contributed by atoms with E-state index in [0.29, 0.717) is 28.7 Å². The predicted octanol–water partition coefficient (Wildman–Crippen LogP) is 5.30. The SMILES string of the molecule is CCCCCN1C(=O)C(C)Oc2ccc(NC(=O)/C=C/c3ccc(Cl)cc3)cc21. The van der Waals surface area contributed by atoms with E-state index in [0.717, 1.165) is 24.8 Å². The topological polar surface area (TPSA) is 58.6 Å². The van der Waals surface area contributed by atoms with Crippen LogP contribution in [0.2, 0.25) is 5.02 Å². The highest BCUT2D eigenvalue weighted by Gasteiger charge is 2.31. The summed E-state index contributed by atoms with van der Waals surface area (Å²) in [6.07, 6.45) is 5.74. The maximum absolute atomic E-state index is 12.6. The molecule has 3 rings (SSSR count). The lowest BCUT2D eigenvalue weighted by atomic mass is 10.1. The third-order valence-corrected chi connectivity index (χ3v) is 4.97. The number of hydrogen-bond donors (Lipinski definition) is 1. The van der Waals surface area contributed by atoms with Crippen LogP contribution in [-0.2, 0) is 9.59 Å². The van der Waals surface area contributed by atoms with Crippen molar-refractivity contribution in [3.8, 4) is 5.75 Å². The molecule has 0 spiro atoms. The smallest absolute Gasteiger partial charge is 0.267 e. The lowest BCUT2D eigenvalue weighted by Crippen LogP contribution is -2.44. The highest BCUT2D eigenvalue weighted by molar-refractivity contribution is 6.30. The number of ether oxygens (including phenoxy) is 1. The summed E-state index contributed by atoms with van der Waals surface area (Å²) in [6, 6.07) is 12.6. The zero-order chi connectivity index (χ0) is 20.8. The lowest BCUT2D eigenvalue weighted by Gasteiger charge is -2.33. The maximum atomic E-state index is 12.6. The van der Waals surface area contributed by atoms with Gasteiger partial charge < -0.3 is 15.0 Å². The zero-order valence-electron chi connectivity index (χ0n) is 16.7. The van der Waals surface area contributed by atoms with Crippen molar-refractivity contribution in [3.05, 3.63) is 59.1 Å². The fourth-order valence-corrected chi connectivity index (χ4v) is 3.29. The monoisotopic (exact) mass is 412 g/mol.